The number of amides is 1. The van der Waals surface area contributed by atoms with Crippen LogP contribution in [0.25, 0.3) is 0 Å². The molecule has 0 saturated heterocycles. The first-order valence-corrected chi connectivity index (χ1v) is 5.08. The van der Waals surface area contributed by atoms with Crippen LogP contribution >= 0.6 is 0 Å². The van der Waals surface area contributed by atoms with Crippen molar-refractivity contribution in [3.8, 4) is 0 Å². The monoisotopic (exact) mass is 261 g/mol. The molecule has 1 amide bonds. The van der Waals surface area contributed by atoms with E-state index in [2.05, 4.69) is 0 Å². The van der Waals surface area contributed by atoms with Gasteiger partial charge in [-0.2, -0.15) is 22.0 Å². The summed E-state index contributed by atoms with van der Waals surface area (Å²) in [7, 11) is 0. The Morgan fingerprint density at radius 3 is 2.24 bits per heavy atom. The van der Waals surface area contributed by atoms with Gasteiger partial charge in [-0.3, -0.25) is 4.79 Å². The first-order chi connectivity index (χ1) is 7.64. The van der Waals surface area contributed by atoms with E-state index < -0.39 is 30.2 Å². The van der Waals surface area contributed by atoms with Crippen LogP contribution in [0, 0.1) is 0 Å². The molecule has 0 aromatic carbocycles. The van der Waals surface area contributed by atoms with E-state index >= 15 is 0 Å². The van der Waals surface area contributed by atoms with Gasteiger partial charge in [-0.05, 0) is 25.7 Å². The van der Waals surface area contributed by atoms with E-state index in [-0.39, 0.29) is 12.8 Å². The van der Waals surface area contributed by atoms with Crippen LogP contribution in [0.5, 0.6) is 0 Å². The third-order valence-corrected chi connectivity index (χ3v) is 2.62. The number of nitrogens with one attached hydrogen (secondary N) is 1. The van der Waals surface area contributed by atoms with Gasteiger partial charge >= 0.3 is 18.0 Å². The highest BCUT2D eigenvalue weighted by Crippen LogP contribution is 2.35. The Hall–Kier alpha value is -0.920. The van der Waals surface area contributed by atoms with Crippen molar-refractivity contribution in [1.29, 1.82) is 0 Å². The van der Waals surface area contributed by atoms with Gasteiger partial charge in [-0.1, -0.05) is 0 Å². The summed E-state index contributed by atoms with van der Waals surface area (Å²) >= 11 is 0. The van der Waals surface area contributed by atoms with Crippen molar-refractivity contribution in [2.45, 2.75) is 49.9 Å². The smallest absolute Gasteiger partial charge is 0.393 e. The van der Waals surface area contributed by atoms with Crippen LogP contribution in [0.15, 0.2) is 0 Å². The first kappa shape index (κ1) is 14.1. The van der Waals surface area contributed by atoms with Crippen molar-refractivity contribution in [3.05, 3.63) is 0 Å². The number of halogens is 5. The zero-order valence-corrected chi connectivity index (χ0v) is 8.73. The Kier molecular flexibility index (Phi) is 3.95. The summed E-state index contributed by atoms with van der Waals surface area (Å²) in [5.41, 5.74) is 0. The summed E-state index contributed by atoms with van der Waals surface area (Å²) in [4.78, 5) is 10.8. The Labute approximate surface area is 94.0 Å². The molecule has 17 heavy (non-hydrogen) atoms. The van der Waals surface area contributed by atoms with Gasteiger partial charge in [-0.15, -0.1) is 0 Å². The average Bonchev–Trinajstić information content (AvgIpc) is 2.15. The highest BCUT2D eigenvalue weighted by atomic mass is 19.4. The molecular weight excluding hydrogens is 249 g/mol. The van der Waals surface area contributed by atoms with Crippen molar-refractivity contribution in [2.24, 2.45) is 0 Å². The minimum absolute atomic E-state index is 0.000320. The van der Waals surface area contributed by atoms with E-state index in [9.17, 15) is 31.9 Å². The lowest BCUT2D eigenvalue weighted by Gasteiger charge is -2.28. The summed E-state index contributed by atoms with van der Waals surface area (Å²) in [5, 5.41) is 10.8. The molecule has 0 heterocycles. The first-order valence-electron chi connectivity index (χ1n) is 5.08. The molecule has 100 valence electrons. The lowest BCUT2D eigenvalue weighted by Crippen LogP contribution is -2.54. The van der Waals surface area contributed by atoms with Crippen LogP contribution in [0.2, 0.25) is 0 Å². The number of aliphatic hydroxyl groups excluding tert-OH is 1. The van der Waals surface area contributed by atoms with Crippen LogP contribution in [0.4, 0.5) is 22.0 Å². The van der Waals surface area contributed by atoms with Crippen molar-refractivity contribution in [2.75, 3.05) is 0 Å². The summed E-state index contributed by atoms with van der Waals surface area (Å²) in [6, 6.07) is -0.834. The number of hydrogen-bond donors (Lipinski definition) is 2. The van der Waals surface area contributed by atoms with Crippen molar-refractivity contribution in [3.63, 3.8) is 0 Å². The van der Waals surface area contributed by atoms with Crippen LogP contribution in [0.1, 0.15) is 25.7 Å². The summed E-state index contributed by atoms with van der Waals surface area (Å²) in [6.07, 6.45) is -5.44. The highest BCUT2D eigenvalue weighted by Gasteiger charge is 2.63. The third kappa shape index (κ3) is 3.27. The Balaban J connectivity index is 2.60. The highest BCUT2D eigenvalue weighted by molar-refractivity contribution is 5.84. The molecule has 1 fully saturated rings. The van der Waals surface area contributed by atoms with E-state index in [1.807, 2.05) is 0 Å². The zero-order valence-electron chi connectivity index (χ0n) is 8.73. The molecule has 2 N–H and O–H groups in total. The van der Waals surface area contributed by atoms with Gasteiger partial charge in [0.1, 0.15) is 0 Å². The maximum Gasteiger partial charge on any atom is 0.463 e. The summed E-state index contributed by atoms with van der Waals surface area (Å²) < 4.78 is 60.7. The number of carbonyl (C=O) groups is 1. The van der Waals surface area contributed by atoms with Gasteiger partial charge in [0.25, 0.3) is 0 Å². The quantitative estimate of drug-likeness (QED) is 0.742. The lowest BCUT2D eigenvalue weighted by atomic mass is 9.93. The van der Waals surface area contributed by atoms with Gasteiger partial charge in [0.05, 0.1) is 6.10 Å². The Morgan fingerprint density at radius 1 is 1.18 bits per heavy atom. The van der Waals surface area contributed by atoms with Gasteiger partial charge in [0.15, 0.2) is 0 Å². The fourth-order valence-corrected chi connectivity index (χ4v) is 1.70. The maximum absolute atomic E-state index is 12.6. The van der Waals surface area contributed by atoms with E-state index in [0.717, 1.165) is 0 Å². The van der Waals surface area contributed by atoms with Gasteiger partial charge in [0.2, 0.25) is 0 Å². The maximum atomic E-state index is 12.6. The number of aliphatic hydroxyl groups is 1. The molecule has 1 aliphatic rings. The predicted molar refractivity (Wildman–Crippen MR) is 47.4 cm³/mol. The molecule has 1 aliphatic carbocycles. The molecule has 8 heteroatoms. The normalized spacial score (nSPS) is 26.7. The minimum Gasteiger partial charge on any atom is -0.393 e. The molecule has 3 nitrogen and oxygen atoms in total. The largest absolute Gasteiger partial charge is 0.463 e. The molecule has 2 atom stereocenters. The molecule has 0 radical (unpaired) electrons. The van der Waals surface area contributed by atoms with Gasteiger partial charge < -0.3 is 10.4 Å². The molecule has 0 bridgehead atoms. The minimum atomic E-state index is -5.90. The van der Waals surface area contributed by atoms with E-state index in [0.29, 0.717) is 12.8 Å². The van der Waals surface area contributed by atoms with Crippen molar-refractivity contribution in [1.82, 2.24) is 5.32 Å². The second-order valence-corrected chi connectivity index (χ2v) is 4.06. The van der Waals surface area contributed by atoms with Crippen LogP contribution in [-0.4, -0.2) is 35.3 Å². The molecular formula is C9H12F5NO2. The lowest BCUT2D eigenvalue weighted by molar-refractivity contribution is -0.270. The summed E-state index contributed by atoms with van der Waals surface area (Å²) in [5.74, 6) is -7.75. The molecule has 1 saturated carbocycles. The van der Waals surface area contributed by atoms with Crippen LogP contribution < -0.4 is 5.32 Å². The van der Waals surface area contributed by atoms with Gasteiger partial charge in [0, 0.05) is 6.04 Å². The number of rotatable bonds is 2. The molecule has 0 aromatic heterocycles. The fraction of sp³-hybridized carbons (Fsp3) is 0.889. The predicted octanol–water partition coefficient (Wildman–Crippen LogP) is 1.60. The molecule has 0 spiro atoms. The Morgan fingerprint density at radius 2 is 1.76 bits per heavy atom. The number of hydrogen-bond acceptors (Lipinski definition) is 2. The Bertz CT molecular complexity index is 292. The van der Waals surface area contributed by atoms with Crippen LogP contribution in [0.3, 0.4) is 0 Å². The summed E-state index contributed by atoms with van der Waals surface area (Å²) in [6.45, 7) is 0. The van der Waals surface area contributed by atoms with Gasteiger partial charge in [-0.25, -0.2) is 0 Å². The molecule has 1 rings (SSSR count). The van der Waals surface area contributed by atoms with Crippen molar-refractivity contribution >= 4 is 5.91 Å². The molecule has 0 aliphatic heterocycles. The van der Waals surface area contributed by atoms with E-state index in [1.54, 1.807) is 5.32 Å². The number of carbonyl (C=O) groups excluding carboxylic acids is 1. The van der Waals surface area contributed by atoms with E-state index in [1.165, 1.54) is 0 Å². The average molecular weight is 261 g/mol. The number of alkyl halides is 5. The second-order valence-electron chi connectivity index (χ2n) is 4.06. The fourth-order valence-electron chi connectivity index (χ4n) is 1.70. The molecule has 2 unspecified atom stereocenters. The van der Waals surface area contributed by atoms with Crippen molar-refractivity contribution < 1.29 is 31.9 Å². The second kappa shape index (κ2) is 4.75. The topological polar surface area (TPSA) is 49.3 Å². The van der Waals surface area contributed by atoms with Crippen LogP contribution in [-0.2, 0) is 4.79 Å². The standard InChI is InChI=1S/C9H12F5NO2/c10-8(11,9(12,13)14)7(17)15-5-2-1-3-6(16)4-5/h5-6,16H,1-4H2,(H,15,17). The third-order valence-electron chi connectivity index (χ3n) is 2.62. The van der Waals surface area contributed by atoms with E-state index in [4.69, 9.17) is 0 Å². The molecule has 0 aromatic rings. The SMILES string of the molecule is O=C(NC1CCCC(O)C1)C(F)(F)C(F)(F)F. The zero-order chi connectivity index (χ0) is 13.3.